The molecule has 1 saturated carbocycles. The summed E-state index contributed by atoms with van der Waals surface area (Å²) in [6.07, 6.45) is 1.84. The molecule has 7 rings (SSSR count). The van der Waals surface area contributed by atoms with Gasteiger partial charge in [-0.15, -0.1) is 0 Å². The molecule has 3 fully saturated rings. The molecular formula is C35H31Cl2N3O9. The molecule has 0 bridgehead atoms. The van der Waals surface area contributed by atoms with E-state index in [4.69, 9.17) is 37.4 Å². The van der Waals surface area contributed by atoms with E-state index in [0.29, 0.717) is 21.9 Å². The number of aromatic hydroxyl groups is 1. The van der Waals surface area contributed by atoms with Gasteiger partial charge in [-0.2, -0.15) is 10.1 Å². The lowest BCUT2D eigenvalue weighted by molar-refractivity contribution is -0.173. The minimum absolute atomic E-state index is 0.0290. The number of amides is 4. The van der Waals surface area contributed by atoms with Crippen molar-refractivity contribution in [3.05, 3.63) is 87.4 Å². The standard InChI is InChI=1S/C35H31Cl2N3O9/c1-47-18-7-4-16(5-8-18)35-23(32(43)39(34(35)45)38-25-11-6-17(36)12-24(25)37)15-22-20(9-10-21-28(22)33(44)40(46)31(21)42)30(35)29-26(41)13-19(48-2)14-27(29)49-3/h4-9,11-14,21-23,28,30,38,41,46H,10,15H2,1-3H3/t21-,22+,23-,28-,30+,35+/m0/s1. The number of halogens is 2. The molecule has 3 N–H and O–H groups in total. The van der Waals surface area contributed by atoms with Crippen molar-refractivity contribution in [1.82, 2.24) is 10.1 Å². The first-order valence-electron chi connectivity index (χ1n) is 15.4. The minimum atomic E-state index is -1.73. The molecule has 3 aromatic carbocycles. The first-order valence-corrected chi connectivity index (χ1v) is 16.2. The zero-order valence-corrected chi connectivity index (χ0v) is 28.0. The molecule has 0 aromatic heterocycles. The van der Waals surface area contributed by atoms with E-state index >= 15 is 4.79 Å². The summed E-state index contributed by atoms with van der Waals surface area (Å²) >= 11 is 12.6. The summed E-state index contributed by atoms with van der Waals surface area (Å²) in [7, 11) is 4.34. The number of hydrogen-bond donors (Lipinski definition) is 3. The van der Waals surface area contributed by atoms with E-state index in [0.717, 1.165) is 5.01 Å². The maximum atomic E-state index is 15.3. The van der Waals surface area contributed by atoms with Gasteiger partial charge in [0, 0.05) is 28.6 Å². The quantitative estimate of drug-likeness (QED) is 0.172. The molecule has 2 aliphatic carbocycles. The van der Waals surface area contributed by atoms with Crippen LogP contribution in [-0.4, -0.2) is 65.3 Å². The van der Waals surface area contributed by atoms with E-state index in [1.165, 1.54) is 39.5 Å². The molecule has 2 heterocycles. The Bertz CT molecular complexity index is 1950. The largest absolute Gasteiger partial charge is 0.507 e. The molecule has 6 atom stereocenters. The van der Waals surface area contributed by atoms with E-state index in [1.54, 1.807) is 42.5 Å². The average Bonchev–Trinajstić information content (AvgIpc) is 3.45. The van der Waals surface area contributed by atoms with Crippen LogP contribution in [0.15, 0.2) is 66.2 Å². The number of anilines is 1. The number of nitrogens with one attached hydrogen (secondary N) is 1. The summed E-state index contributed by atoms with van der Waals surface area (Å²) in [4.78, 5) is 56.5. The predicted octanol–water partition coefficient (Wildman–Crippen LogP) is 5.10. The summed E-state index contributed by atoms with van der Waals surface area (Å²) in [5, 5.41) is 23.7. The summed E-state index contributed by atoms with van der Waals surface area (Å²) in [6, 6.07) is 14.2. The van der Waals surface area contributed by atoms with Crippen LogP contribution in [0.2, 0.25) is 10.0 Å². The lowest BCUT2D eigenvalue weighted by Crippen LogP contribution is -2.53. The van der Waals surface area contributed by atoms with Gasteiger partial charge < -0.3 is 19.3 Å². The molecule has 14 heteroatoms. The molecule has 0 radical (unpaired) electrons. The first kappa shape index (κ1) is 32.8. The summed E-state index contributed by atoms with van der Waals surface area (Å²) in [5.74, 6) is -6.99. The highest BCUT2D eigenvalue weighted by Gasteiger charge is 2.71. The molecule has 0 spiro atoms. The Kier molecular flexibility index (Phi) is 8.00. The van der Waals surface area contributed by atoms with Crippen LogP contribution in [0, 0.1) is 23.7 Å². The number of carbonyl (C=O) groups is 4. The van der Waals surface area contributed by atoms with E-state index in [2.05, 4.69) is 5.43 Å². The van der Waals surface area contributed by atoms with Gasteiger partial charge in [-0.25, -0.2) is 0 Å². The molecule has 49 heavy (non-hydrogen) atoms. The van der Waals surface area contributed by atoms with E-state index < -0.39 is 58.6 Å². The lowest BCUT2D eigenvalue weighted by Gasteiger charge is -2.50. The highest BCUT2D eigenvalue weighted by molar-refractivity contribution is 6.36. The topological polar surface area (TPSA) is 155 Å². The minimum Gasteiger partial charge on any atom is -0.507 e. The predicted molar refractivity (Wildman–Crippen MR) is 175 cm³/mol. The maximum absolute atomic E-state index is 15.3. The number of hydrogen-bond acceptors (Lipinski definition) is 10. The lowest BCUT2D eigenvalue weighted by atomic mass is 9.49. The van der Waals surface area contributed by atoms with Crippen LogP contribution in [0.5, 0.6) is 23.0 Å². The van der Waals surface area contributed by atoms with Crippen molar-refractivity contribution in [2.45, 2.75) is 24.2 Å². The molecule has 12 nitrogen and oxygen atoms in total. The second-order valence-electron chi connectivity index (χ2n) is 12.5. The van der Waals surface area contributed by atoms with Gasteiger partial charge in [0.25, 0.3) is 23.6 Å². The molecule has 3 aromatic rings. The van der Waals surface area contributed by atoms with E-state index in [1.807, 2.05) is 0 Å². The highest BCUT2D eigenvalue weighted by Crippen LogP contribution is 2.66. The summed E-state index contributed by atoms with van der Waals surface area (Å²) in [5.41, 5.74) is 2.59. The van der Waals surface area contributed by atoms with Crippen molar-refractivity contribution in [1.29, 1.82) is 0 Å². The number of hydrazine groups is 1. The fourth-order valence-electron chi connectivity index (χ4n) is 8.31. The van der Waals surface area contributed by atoms with Crippen molar-refractivity contribution < 1.29 is 43.7 Å². The van der Waals surface area contributed by atoms with Gasteiger partial charge >= 0.3 is 0 Å². The maximum Gasteiger partial charge on any atom is 0.260 e. The Labute approximate surface area is 290 Å². The fraction of sp³-hybridized carbons (Fsp3) is 0.314. The van der Waals surface area contributed by atoms with Crippen LogP contribution in [-0.2, 0) is 24.6 Å². The number of fused-ring (bicyclic) bond motifs is 4. The van der Waals surface area contributed by atoms with Crippen molar-refractivity contribution in [3.63, 3.8) is 0 Å². The second kappa shape index (κ2) is 12.0. The highest BCUT2D eigenvalue weighted by atomic mass is 35.5. The Hall–Kier alpha value is -4.78. The SMILES string of the molecule is COc1ccc([C@@]23C(=O)N(Nc4ccc(Cl)cc4Cl)C(=O)[C@@H]2C[C@@H]2C(=CC[C@@H]4C(=O)N(O)C(=O)[C@@H]42)[C@@H]3c2c(O)cc(OC)cc2OC)cc1. The number of carbonyl (C=O) groups excluding carboxylic acids is 4. The summed E-state index contributed by atoms with van der Waals surface area (Å²) in [6.45, 7) is 0. The van der Waals surface area contributed by atoms with Gasteiger partial charge in [0.1, 0.15) is 23.0 Å². The number of phenols is 1. The number of hydroxylamine groups is 2. The Morgan fingerprint density at radius 1 is 0.857 bits per heavy atom. The third kappa shape index (κ3) is 4.68. The van der Waals surface area contributed by atoms with Crippen LogP contribution in [0.4, 0.5) is 5.69 Å². The second-order valence-corrected chi connectivity index (χ2v) is 13.3. The van der Waals surface area contributed by atoms with Crippen LogP contribution in [0.1, 0.15) is 29.9 Å². The molecular weight excluding hydrogens is 677 g/mol. The van der Waals surface area contributed by atoms with Crippen LogP contribution >= 0.6 is 23.2 Å². The average molecular weight is 709 g/mol. The molecule has 2 saturated heterocycles. The van der Waals surface area contributed by atoms with Crippen LogP contribution < -0.4 is 19.6 Å². The van der Waals surface area contributed by atoms with E-state index in [9.17, 15) is 24.7 Å². The molecule has 4 aliphatic rings. The summed E-state index contributed by atoms with van der Waals surface area (Å²) < 4.78 is 16.6. The molecule has 2 aliphatic heterocycles. The molecule has 4 amide bonds. The number of rotatable bonds is 7. The zero-order valence-electron chi connectivity index (χ0n) is 26.5. The number of benzene rings is 3. The van der Waals surface area contributed by atoms with Gasteiger partial charge in [-0.05, 0) is 54.7 Å². The molecule has 0 unspecified atom stereocenters. The third-order valence-corrected chi connectivity index (χ3v) is 10.9. The normalized spacial score (nSPS) is 27.4. The van der Waals surface area contributed by atoms with Gasteiger partial charge in [-0.3, -0.25) is 29.8 Å². The third-order valence-electron chi connectivity index (χ3n) is 10.4. The molecule has 254 valence electrons. The van der Waals surface area contributed by atoms with Crippen molar-refractivity contribution in [2.24, 2.45) is 23.7 Å². The smallest absolute Gasteiger partial charge is 0.260 e. The van der Waals surface area contributed by atoms with E-state index in [-0.39, 0.29) is 51.4 Å². The number of imide groups is 2. The fourth-order valence-corrected chi connectivity index (χ4v) is 8.76. The van der Waals surface area contributed by atoms with Gasteiger partial charge in [0.2, 0.25) is 0 Å². The number of allylic oxidation sites excluding steroid dienone is 2. The van der Waals surface area contributed by atoms with Gasteiger partial charge in [0.05, 0.1) is 55.2 Å². The first-order chi connectivity index (χ1) is 23.5. The Morgan fingerprint density at radius 2 is 1.57 bits per heavy atom. The van der Waals surface area contributed by atoms with Crippen LogP contribution in [0.3, 0.4) is 0 Å². The number of ether oxygens (including phenoxy) is 3. The van der Waals surface area contributed by atoms with Crippen LogP contribution in [0.25, 0.3) is 0 Å². The van der Waals surface area contributed by atoms with Crippen molar-refractivity contribution >= 4 is 52.5 Å². The monoisotopic (exact) mass is 707 g/mol. The Balaban J connectivity index is 1.52. The van der Waals surface area contributed by atoms with Gasteiger partial charge in [0.15, 0.2) is 0 Å². The van der Waals surface area contributed by atoms with Gasteiger partial charge in [-0.1, -0.05) is 47.0 Å². The number of phenolic OH excluding ortho intramolecular Hbond substituents is 1. The Morgan fingerprint density at radius 3 is 2.22 bits per heavy atom. The van der Waals surface area contributed by atoms with Crippen molar-refractivity contribution in [3.8, 4) is 23.0 Å². The number of methoxy groups -OCH3 is 3. The zero-order chi connectivity index (χ0) is 34.9. The number of nitrogens with zero attached hydrogens (tertiary/aromatic N) is 2. The van der Waals surface area contributed by atoms with Crippen molar-refractivity contribution in [2.75, 3.05) is 26.8 Å².